The third kappa shape index (κ3) is 3.74. The second-order valence-electron chi connectivity index (χ2n) is 5.79. The molecule has 2 heterocycles. The maximum atomic E-state index is 8.90. The van der Waals surface area contributed by atoms with Gasteiger partial charge in [-0.1, -0.05) is 22.0 Å². The monoisotopic (exact) mass is 385 g/mol. The second kappa shape index (κ2) is 7.73. The molecule has 2 aromatic heterocycles. The minimum Gasteiger partial charge on any atom is -0.396 e. The van der Waals surface area contributed by atoms with Crippen LogP contribution in [0.1, 0.15) is 24.0 Å². The Kier molecular flexibility index (Phi) is 5.43. The van der Waals surface area contributed by atoms with E-state index in [-0.39, 0.29) is 6.61 Å². The van der Waals surface area contributed by atoms with Crippen molar-refractivity contribution >= 4 is 38.3 Å². The molecule has 0 radical (unpaired) electrons. The van der Waals surface area contributed by atoms with Gasteiger partial charge in [0.25, 0.3) is 0 Å². The van der Waals surface area contributed by atoms with Crippen LogP contribution in [-0.4, -0.2) is 21.7 Å². The topological polar surface area (TPSA) is 58.0 Å². The molecular weight excluding hydrogens is 366 g/mol. The summed E-state index contributed by atoms with van der Waals surface area (Å²) in [6.07, 6.45) is 6.43. The lowest BCUT2D eigenvalue weighted by Gasteiger charge is -2.12. The van der Waals surface area contributed by atoms with E-state index in [1.165, 1.54) is 5.56 Å². The highest BCUT2D eigenvalue weighted by molar-refractivity contribution is 9.10. The molecule has 24 heavy (non-hydrogen) atoms. The van der Waals surface area contributed by atoms with Gasteiger partial charge in [-0.25, -0.2) is 4.98 Å². The number of rotatable bonds is 6. The first-order valence-corrected chi connectivity index (χ1v) is 8.85. The Bertz CT molecular complexity index is 851. The molecule has 4 nitrogen and oxygen atoms in total. The highest BCUT2D eigenvalue weighted by Crippen LogP contribution is 2.28. The van der Waals surface area contributed by atoms with E-state index in [0.717, 1.165) is 51.7 Å². The Morgan fingerprint density at radius 3 is 2.88 bits per heavy atom. The van der Waals surface area contributed by atoms with E-state index in [1.54, 1.807) is 6.20 Å². The number of benzene rings is 1. The van der Waals surface area contributed by atoms with Crippen LogP contribution in [-0.2, 0) is 6.42 Å². The molecular formula is C19H20BrN3O. The van der Waals surface area contributed by atoms with Gasteiger partial charge >= 0.3 is 0 Å². The van der Waals surface area contributed by atoms with Gasteiger partial charge < -0.3 is 10.4 Å². The van der Waals surface area contributed by atoms with Crippen molar-refractivity contribution in [1.82, 2.24) is 9.97 Å². The Morgan fingerprint density at radius 2 is 2.04 bits per heavy atom. The third-order valence-corrected chi connectivity index (χ3v) is 4.91. The second-order valence-corrected chi connectivity index (χ2v) is 6.65. The van der Waals surface area contributed by atoms with Crippen molar-refractivity contribution in [3.05, 3.63) is 58.3 Å². The first kappa shape index (κ1) is 16.9. The van der Waals surface area contributed by atoms with Crippen molar-refractivity contribution in [2.24, 2.45) is 0 Å². The van der Waals surface area contributed by atoms with Crippen molar-refractivity contribution < 1.29 is 5.11 Å². The molecule has 0 atom stereocenters. The van der Waals surface area contributed by atoms with E-state index in [0.29, 0.717) is 0 Å². The van der Waals surface area contributed by atoms with Gasteiger partial charge in [-0.3, -0.25) is 4.98 Å². The number of fused-ring (bicyclic) bond motifs is 1. The first-order valence-electron chi connectivity index (χ1n) is 8.05. The molecule has 0 aliphatic carbocycles. The molecule has 124 valence electrons. The zero-order valence-electron chi connectivity index (χ0n) is 13.6. The van der Waals surface area contributed by atoms with Crippen molar-refractivity contribution in [2.75, 3.05) is 11.9 Å². The van der Waals surface area contributed by atoms with Crippen LogP contribution in [0.2, 0.25) is 0 Å². The molecule has 0 bridgehead atoms. The molecule has 0 aliphatic heterocycles. The Morgan fingerprint density at radius 1 is 1.17 bits per heavy atom. The molecule has 0 spiro atoms. The Labute approximate surface area is 150 Å². The molecule has 0 saturated heterocycles. The van der Waals surface area contributed by atoms with Crippen molar-refractivity contribution in [3.8, 4) is 0 Å². The standard InChI is InChI=1S/C19H20BrN3O/c1-13-16(20)6-4-7-17(13)23-19-18-15(8-9-21-19)11-14(12-22-18)5-2-3-10-24/h4,6-9,11-12,24H,2-3,5,10H2,1H3,(H,21,23). The quantitative estimate of drug-likeness (QED) is 0.600. The number of unbranched alkanes of at least 4 members (excludes halogenated alkanes) is 1. The van der Waals surface area contributed by atoms with Gasteiger partial charge in [-0.2, -0.15) is 0 Å². The van der Waals surface area contributed by atoms with E-state index in [9.17, 15) is 0 Å². The summed E-state index contributed by atoms with van der Waals surface area (Å²) in [6.45, 7) is 2.30. The van der Waals surface area contributed by atoms with E-state index < -0.39 is 0 Å². The Balaban J connectivity index is 1.90. The van der Waals surface area contributed by atoms with Crippen LogP contribution in [0.25, 0.3) is 10.9 Å². The molecule has 0 fully saturated rings. The fourth-order valence-electron chi connectivity index (χ4n) is 2.65. The number of anilines is 2. The van der Waals surface area contributed by atoms with Gasteiger partial charge in [0.1, 0.15) is 5.52 Å². The fraction of sp³-hybridized carbons (Fsp3) is 0.263. The molecule has 0 amide bonds. The van der Waals surface area contributed by atoms with Gasteiger partial charge in [0.05, 0.1) is 0 Å². The molecule has 5 heteroatoms. The SMILES string of the molecule is Cc1c(Br)cccc1Nc1nccc2cc(CCCCO)cnc12. The highest BCUT2D eigenvalue weighted by Gasteiger charge is 2.08. The van der Waals surface area contributed by atoms with Gasteiger partial charge in [-0.15, -0.1) is 0 Å². The van der Waals surface area contributed by atoms with Crippen LogP contribution in [0, 0.1) is 6.92 Å². The van der Waals surface area contributed by atoms with Gasteiger partial charge in [0, 0.05) is 34.5 Å². The molecule has 1 aromatic carbocycles. The lowest BCUT2D eigenvalue weighted by molar-refractivity contribution is 0.284. The van der Waals surface area contributed by atoms with Gasteiger partial charge in [-0.05, 0) is 61.6 Å². The summed E-state index contributed by atoms with van der Waals surface area (Å²) >= 11 is 3.55. The third-order valence-electron chi connectivity index (χ3n) is 4.05. The number of nitrogens with one attached hydrogen (secondary N) is 1. The zero-order valence-corrected chi connectivity index (χ0v) is 15.2. The van der Waals surface area contributed by atoms with Crippen LogP contribution in [0.3, 0.4) is 0 Å². The van der Waals surface area contributed by atoms with Crippen molar-refractivity contribution in [1.29, 1.82) is 0 Å². The van der Waals surface area contributed by atoms with E-state index in [4.69, 9.17) is 5.11 Å². The number of hydrogen-bond acceptors (Lipinski definition) is 4. The minimum atomic E-state index is 0.241. The summed E-state index contributed by atoms with van der Waals surface area (Å²) in [7, 11) is 0. The summed E-state index contributed by atoms with van der Waals surface area (Å²) in [5.74, 6) is 0.760. The van der Waals surface area contributed by atoms with E-state index in [2.05, 4.69) is 44.2 Å². The zero-order chi connectivity index (χ0) is 16.9. The maximum absolute atomic E-state index is 8.90. The van der Waals surface area contributed by atoms with Crippen LogP contribution in [0.4, 0.5) is 11.5 Å². The number of nitrogens with zero attached hydrogens (tertiary/aromatic N) is 2. The Hall–Kier alpha value is -1.98. The largest absolute Gasteiger partial charge is 0.396 e. The summed E-state index contributed by atoms with van der Waals surface area (Å²) in [6, 6.07) is 10.2. The number of aliphatic hydroxyl groups excluding tert-OH is 1. The summed E-state index contributed by atoms with van der Waals surface area (Å²) in [4.78, 5) is 9.06. The van der Waals surface area contributed by atoms with E-state index in [1.807, 2.05) is 30.5 Å². The summed E-state index contributed by atoms with van der Waals surface area (Å²) in [5.41, 5.74) is 4.20. The molecule has 0 aliphatic rings. The predicted molar refractivity (Wildman–Crippen MR) is 102 cm³/mol. The van der Waals surface area contributed by atoms with Crippen molar-refractivity contribution in [3.63, 3.8) is 0 Å². The lowest BCUT2D eigenvalue weighted by Crippen LogP contribution is -1.99. The smallest absolute Gasteiger partial charge is 0.156 e. The molecule has 2 N–H and O–H groups in total. The van der Waals surface area contributed by atoms with E-state index >= 15 is 0 Å². The number of hydrogen-bond donors (Lipinski definition) is 2. The van der Waals surface area contributed by atoms with Crippen LogP contribution in [0.15, 0.2) is 47.2 Å². The van der Waals surface area contributed by atoms with Crippen LogP contribution < -0.4 is 5.32 Å². The van der Waals surface area contributed by atoms with Gasteiger partial charge in [0.2, 0.25) is 0 Å². The highest BCUT2D eigenvalue weighted by atomic mass is 79.9. The number of aliphatic hydroxyl groups is 1. The molecule has 0 saturated carbocycles. The fourth-order valence-corrected chi connectivity index (χ4v) is 3.01. The molecule has 3 rings (SSSR count). The summed E-state index contributed by atoms with van der Waals surface area (Å²) < 4.78 is 1.06. The summed E-state index contributed by atoms with van der Waals surface area (Å²) in [5, 5.41) is 13.4. The molecule has 0 unspecified atom stereocenters. The molecule has 3 aromatic rings. The predicted octanol–water partition coefficient (Wildman–Crippen LogP) is 4.76. The van der Waals surface area contributed by atoms with Gasteiger partial charge in [0.15, 0.2) is 5.82 Å². The first-order chi connectivity index (χ1) is 11.7. The van der Waals surface area contributed by atoms with Crippen LogP contribution in [0.5, 0.6) is 0 Å². The number of pyridine rings is 2. The maximum Gasteiger partial charge on any atom is 0.156 e. The number of halogens is 1. The normalized spacial score (nSPS) is 11.0. The van der Waals surface area contributed by atoms with Crippen molar-refractivity contribution in [2.45, 2.75) is 26.2 Å². The lowest BCUT2D eigenvalue weighted by atomic mass is 10.1. The minimum absolute atomic E-state index is 0.241. The number of aryl methyl sites for hydroxylation is 1. The van der Waals surface area contributed by atoms with Crippen LogP contribution >= 0.6 is 15.9 Å². The number of aromatic nitrogens is 2. The average Bonchev–Trinajstić information content (AvgIpc) is 2.59. The average molecular weight is 386 g/mol.